The molecule has 1 aromatic carbocycles. The largest absolute Gasteiger partial charge is 0.334 e. The van der Waals surface area contributed by atoms with E-state index < -0.39 is 0 Å². The third-order valence-electron chi connectivity index (χ3n) is 4.85. The Morgan fingerprint density at radius 1 is 1.04 bits per heavy atom. The minimum atomic E-state index is 0.743. The maximum absolute atomic E-state index is 4.73. The Labute approximate surface area is 163 Å². The Hall–Kier alpha value is -3.29. The van der Waals surface area contributed by atoms with Gasteiger partial charge in [0.2, 0.25) is 0 Å². The van der Waals surface area contributed by atoms with Crippen LogP contribution in [0.5, 0.6) is 0 Å². The van der Waals surface area contributed by atoms with Gasteiger partial charge in [-0.3, -0.25) is 4.68 Å². The van der Waals surface area contributed by atoms with Crippen LogP contribution < -0.4 is 0 Å². The topological polar surface area (TPSA) is 90.1 Å². The van der Waals surface area contributed by atoms with Gasteiger partial charge in [-0.15, -0.1) is 10.2 Å². The van der Waals surface area contributed by atoms with Crippen LogP contribution in [0.2, 0.25) is 0 Å². The average Bonchev–Trinajstić information content (AvgIpc) is 3.42. The summed E-state index contributed by atoms with van der Waals surface area (Å²) in [6, 6.07) is 12.5. The third-order valence-corrected chi connectivity index (χ3v) is 4.85. The van der Waals surface area contributed by atoms with Crippen molar-refractivity contribution >= 4 is 0 Å². The molecule has 0 radical (unpaired) electrons. The lowest BCUT2D eigenvalue weighted by Crippen LogP contribution is -2.10. The van der Waals surface area contributed by atoms with Crippen LogP contribution in [-0.2, 0) is 25.9 Å². The van der Waals surface area contributed by atoms with Gasteiger partial charge < -0.3 is 4.57 Å². The minimum absolute atomic E-state index is 0.743. The van der Waals surface area contributed by atoms with Gasteiger partial charge in [-0.05, 0) is 26.3 Å². The summed E-state index contributed by atoms with van der Waals surface area (Å²) in [5.41, 5.74) is 5.65. The molecule has 0 saturated carbocycles. The molecule has 144 valence electrons. The van der Waals surface area contributed by atoms with E-state index in [1.807, 2.05) is 19.3 Å². The smallest absolute Gasteiger partial charge is 0.174 e. The third kappa shape index (κ3) is 4.00. The Kier molecular flexibility index (Phi) is 5.27. The van der Waals surface area contributed by atoms with Crippen molar-refractivity contribution in [3.8, 4) is 11.3 Å². The van der Waals surface area contributed by atoms with E-state index in [2.05, 4.69) is 72.2 Å². The number of nitrogens with zero attached hydrogens (tertiary/aromatic N) is 7. The van der Waals surface area contributed by atoms with Gasteiger partial charge in [0.25, 0.3) is 0 Å². The molecule has 28 heavy (non-hydrogen) atoms. The van der Waals surface area contributed by atoms with Crippen LogP contribution >= 0.6 is 0 Å². The molecule has 0 spiro atoms. The average molecular weight is 376 g/mol. The van der Waals surface area contributed by atoms with Gasteiger partial charge in [0.15, 0.2) is 5.82 Å². The number of aromatic amines is 1. The summed E-state index contributed by atoms with van der Waals surface area (Å²) in [5.74, 6) is 0.743. The molecule has 0 bridgehead atoms. The van der Waals surface area contributed by atoms with Crippen LogP contribution in [0.25, 0.3) is 11.3 Å². The van der Waals surface area contributed by atoms with Crippen LogP contribution in [0.1, 0.15) is 29.3 Å². The number of hydrogen-bond donors (Lipinski definition) is 1. The van der Waals surface area contributed by atoms with Gasteiger partial charge in [0, 0.05) is 42.9 Å². The summed E-state index contributed by atoms with van der Waals surface area (Å²) in [6.45, 7) is 5.82. The molecule has 0 aliphatic rings. The lowest BCUT2D eigenvalue weighted by molar-refractivity contribution is 0.555. The number of aryl methyl sites for hydroxylation is 5. The van der Waals surface area contributed by atoms with Gasteiger partial charge in [0.05, 0.1) is 17.7 Å². The molecular weight excluding hydrogens is 352 g/mol. The van der Waals surface area contributed by atoms with E-state index in [0.29, 0.717) is 0 Å². The van der Waals surface area contributed by atoms with Gasteiger partial charge in [0.1, 0.15) is 0 Å². The summed E-state index contributed by atoms with van der Waals surface area (Å²) >= 11 is 0. The van der Waals surface area contributed by atoms with E-state index in [9.17, 15) is 0 Å². The zero-order chi connectivity index (χ0) is 19.3. The number of hydrogen-bond acceptors (Lipinski definition) is 5. The van der Waals surface area contributed by atoms with Gasteiger partial charge in [-0.25, -0.2) is 4.98 Å². The summed E-state index contributed by atoms with van der Waals surface area (Å²) in [6.07, 6.45) is 4.52. The number of imidazole rings is 1. The lowest BCUT2D eigenvalue weighted by Gasteiger charge is -2.11. The van der Waals surface area contributed by atoms with E-state index in [1.165, 1.54) is 11.4 Å². The van der Waals surface area contributed by atoms with Crippen LogP contribution in [0.15, 0.2) is 42.7 Å². The Morgan fingerprint density at radius 2 is 1.89 bits per heavy atom. The minimum Gasteiger partial charge on any atom is -0.334 e. The van der Waals surface area contributed by atoms with E-state index in [-0.39, 0.29) is 0 Å². The standard InChI is InChI=1S/C20H24N8/c1-15-13-16(2)28(24-15)12-10-18-20(17-7-4-3-5-8-17)21-14-27(18)11-6-9-19-22-25-26-23-19/h3-5,7-8,13-14H,6,9-12H2,1-2H3,(H,22,23,25,26). The van der Waals surface area contributed by atoms with E-state index in [4.69, 9.17) is 4.98 Å². The highest BCUT2D eigenvalue weighted by Crippen LogP contribution is 2.23. The maximum atomic E-state index is 4.73. The van der Waals surface area contributed by atoms with E-state index in [1.54, 1.807) is 0 Å². The van der Waals surface area contributed by atoms with Crippen molar-refractivity contribution < 1.29 is 0 Å². The molecule has 0 aliphatic carbocycles. The Bertz CT molecular complexity index is 1010. The first kappa shape index (κ1) is 18.1. The van der Waals surface area contributed by atoms with Crippen LogP contribution in [0, 0.1) is 13.8 Å². The van der Waals surface area contributed by atoms with Crippen LogP contribution in [0.4, 0.5) is 0 Å². The van der Waals surface area contributed by atoms with Gasteiger partial charge >= 0.3 is 0 Å². The second-order valence-electron chi connectivity index (χ2n) is 6.93. The second kappa shape index (κ2) is 8.16. The van der Waals surface area contributed by atoms with Crippen molar-refractivity contribution in [3.05, 3.63) is 65.6 Å². The van der Waals surface area contributed by atoms with E-state index in [0.717, 1.165) is 55.1 Å². The molecule has 0 aliphatic heterocycles. The number of tetrazole rings is 1. The van der Waals surface area contributed by atoms with Gasteiger partial charge in [-0.1, -0.05) is 35.5 Å². The summed E-state index contributed by atoms with van der Waals surface area (Å²) in [7, 11) is 0. The molecule has 4 aromatic rings. The molecule has 0 unspecified atom stereocenters. The Morgan fingerprint density at radius 3 is 2.61 bits per heavy atom. The number of nitrogens with one attached hydrogen (secondary N) is 1. The summed E-state index contributed by atoms with van der Waals surface area (Å²) in [5, 5.41) is 18.8. The predicted molar refractivity (Wildman–Crippen MR) is 106 cm³/mol. The first-order chi connectivity index (χ1) is 13.7. The summed E-state index contributed by atoms with van der Waals surface area (Å²) < 4.78 is 4.31. The van der Waals surface area contributed by atoms with Gasteiger partial charge in [-0.2, -0.15) is 10.3 Å². The molecule has 0 amide bonds. The van der Waals surface area contributed by atoms with Crippen molar-refractivity contribution in [1.82, 2.24) is 40.0 Å². The number of aromatic nitrogens is 8. The number of rotatable bonds is 8. The lowest BCUT2D eigenvalue weighted by atomic mass is 10.1. The predicted octanol–water partition coefficient (Wildman–Crippen LogP) is 2.75. The highest BCUT2D eigenvalue weighted by molar-refractivity contribution is 5.61. The Balaban J connectivity index is 1.54. The van der Waals surface area contributed by atoms with Crippen LogP contribution in [-0.4, -0.2) is 40.0 Å². The monoisotopic (exact) mass is 376 g/mol. The van der Waals surface area contributed by atoms with Crippen LogP contribution in [0.3, 0.4) is 0 Å². The fourth-order valence-corrected chi connectivity index (χ4v) is 3.51. The number of benzene rings is 1. The first-order valence-electron chi connectivity index (χ1n) is 9.53. The van der Waals surface area contributed by atoms with Crippen molar-refractivity contribution in [3.63, 3.8) is 0 Å². The first-order valence-corrected chi connectivity index (χ1v) is 9.53. The molecule has 0 fully saturated rings. The molecule has 4 rings (SSSR count). The van der Waals surface area contributed by atoms with E-state index >= 15 is 0 Å². The highest BCUT2D eigenvalue weighted by atomic mass is 15.5. The maximum Gasteiger partial charge on any atom is 0.174 e. The molecular formula is C20H24N8. The SMILES string of the molecule is Cc1cc(C)n(CCc2c(-c3ccccc3)ncn2CCCc2nn[nH]n2)n1. The quantitative estimate of drug-likeness (QED) is 0.511. The zero-order valence-electron chi connectivity index (χ0n) is 16.2. The zero-order valence-corrected chi connectivity index (χ0v) is 16.2. The molecule has 3 heterocycles. The molecule has 0 atom stereocenters. The molecule has 3 aromatic heterocycles. The van der Waals surface area contributed by atoms with Crippen molar-refractivity contribution in [2.24, 2.45) is 0 Å². The fourth-order valence-electron chi connectivity index (χ4n) is 3.51. The second-order valence-corrected chi connectivity index (χ2v) is 6.93. The van der Waals surface area contributed by atoms with Crippen molar-refractivity contribution in [2.45, 2.75) is 46.2 Å². The molecule has 8 nitrogen and oxygen atoms in total. The molecule has 0 saturated heterocycles. The van der Waals surface area contributed by atoms with Crippen molar-refractivity contribution in [1.29, 1.82) is 0 Å². The number of H-pyrrole nitrogens is 1. The fraction of sp³-hybridized carbons (Fsp3) is 0.350. The van der Waals surface area contributed by atoms with Crippen molar-refractivity contribution in [2.75, 3.05) is 0 Å². The molecule has 1 N–H and O–H groups in total. The normalized spacial score (nSPS) is 11.2. The molecule has 8 heteroatoms. The summed E-state index contributed by atoms with van der Waals surface area (Å²) in [4.78, 5) is 4.73. The highest BCUT2D eigenvalue weighted by Gasteiger charge is 2.14.